The molecule has 3 rings (SSSR count). The van der Waals surface area contributed by atoms with Gasteiger partial charge in [-0.2, -0.15) is 0 Å². The summed E-state index contributed by atoms with van der Waals surface area (Å²) in [6, 6.07) is 6.40. The second-order valence-corrected chi connectivity index (χ2v) is 6.29. The van der Waals surface area contributed by atoms with Crippen molar-refractivity contribution in [1.29, 1.82) is 0 Å². The molecule has 1 aliphatic rings. The third-order valence-electron chi connectivity index (χ3n) is 3.94. The topological polar surface area (TPSA) is 46.9 Å². The predicted octanol–water partition coefficient (Wildman–Crippen LogP) is 3.42. The van der Waals surface area contributed by atoms with Gasteiger partial charge < -0.3 is 4.57 Å². The van der Waals surface area contributed by atoms with Crippen LogP contribution in [0.15, 0.2) is 36.7 Å². The van der Waals surface area contributed by atoms with Gasteiger partial charge in [-0.1, -0.05) is 26.0 Å². The van der Waals surface area contributed by atoms with Crippen LogP contribution in [0.25, 0.3) is 0 Å². The van der Waals surface area contributed by atoms with E-state index >= 15 is 0 Å². The van der Waals surface area contributed by atoms with Gasteiger partial charge in [-0.3, -0.25) is 10.1 Å². The van der Waals surface area contributed by atoms with E-state index in [4.69, 9.17) is 0 Å². The van der Waals surface area contributed by atoms with Crippen molar-refractivity contribution in [1.82, 2.24) is 9.55 Å². The Balaban J connectivity index is 1.62. The van der Waals surface area contributed by atoms with Gasteiger partial charge in [0.05, 0.1) is 0 Å². The third kappa shape index (κ3) is 3.18. The minimum absolute atomic E-state index is 0.00877. The molecule has 0 aliphatic heterocycles. The highest BCUT2D eigenvalue weighted by atomic mass is 19.1. The second-order valence-electron chi connectivity index (χ2n) is 6.29. The van der Waals surface area contributed by atoms with Crippen LogP contribution in [-0.4, -0.2) is 15.5 Å². The van der Waals surface area contributed by atoms with Crippen molar-refractivity contribution < 1.29 is 9.18 Å². The first kappa shape index (κ1) is 14.8. The summed E-state index contributed by atoms with van der Waals surface area (Å²) in [5.74, 6) is 0.969. The molecule has 0 bridgehead atoms. The van der Waals surface area contributed by atoms with Crippen LogP contribution in [0.2, 0.25) is 0 Å². The molecule has 1 amide bonds. The molecular weight excluding hydrogens is 281 g/mol. The van der Waals surface area contributed by atoms with E-state index < -0.39 is 0 Å². The van der Waals surface area contributed by atoms with Crippen molar-refractivity contribution in [3.05, 3.63) is 48.0 Å². The van der Waals surface area contributed by atoms with Gasteiger partial charge in [-0.25, -0.2) is 9.37 Å². The number of benzene rings is 1. The summed E-state index contributed by atoms with van der Waals surface area (Å²) in [5, 5.41) is 2.91. The van der Waals surface area contributed by atoms with E-state index in [-0.39, 0.29) is 23.6 Å². The lowest BCUT2D eigenvalue weighted by Gasteiger charge is -2.11. The minimum Gasteiger partial charge on any atom is -0.317 e. The summed E-state index contributed by atoms with van der Waals surface area (Å²) in [6.45, 7) is 5.07. The Labute approximate surface area is 129 Å². The molecule has 2 atom stereocenters. The fourth-order valence-electron chi connectivity index (χ4n) is 2.74. The fourth-order valence-corrected chi connectivity index (χ4v) is 2.74. The van der Waals surface area contributed by atoms with Crippen LogP contribution in [0.1, 0.15) is 31.7 Å². The molecule has 4 nitrogen and oxygen atoms in total. The Hall–Kier alpha value is -2.17. The van der Waals surface area contributed by atoms with Gasteiger partial charge in [0.1, 0.15) is 5.82 Å². The van der Waals surface area contributed by atoms with Crippen molar-refractivity contribution >= 4 is 11.9 Å². The molecule has 1 aromatic carbocycles. The Bertz CT molecular complexity index is 663. The molecule has 22 heavy (non-hydrogen) atoms. The molecule has 0 spiro atoms. The maximum atomic E-state index is 12.9. The van der Waals surface area contributed by atoms with Gasteiger partial charge in [0.2, 0.25) is 11.9 Å². The van der Waals surface area contributed by atoms with Crippen LogP contribution in [0, 0.1) is 17.7 Å². The number of nitrogens with one attached hydrogen (secondary N) is 1. The van der Waals surface area contributed by atoms with E-state index in [1.54, 1.807) is 18.3 Å². The van der Waals surface area contributed by atoms with Crippen LogP contribution in [-0.2, 0) is 11.3 Å². The smallest absolute Gasteiger partial charge is 0.230 e. The maximum absolute atomic E-state index is 12.9. The zero-order chi connectivity index (χ0) is 15.7. The molecular formula is C17H20FN3O. The van der Waals surface area contributed by atoms with E-state index in [0.717, 1.165) is 18.5 Å². The number of hydrogen-bond acceptors (Lipinski definition) is 2. The average Bonchev–Trinajstić information content (AvgIpc) is 3.16. The van der Waals surface area contributed by atoms with Crippen molar-refractivity contribution in [2.75, 3.05) is 5.32 Å². The van der Waals surface area contributed by atoms with Crippen LogP contribution in [0.5, 0.6) is 0 Å². The minimum atomic E-state index is -0.249. The molecule has 1 fully saturated rings. The number of amides is 1. The molecule has 116 valence electrons. The van der Waals surface area contributed by atoms with Crippen molar-refractivity contribution in [2.24, 2.45) is 11.8 Å². The molecule has 1 heterocycles. The first-order valence-electron chi connectivity index (χ1n) is 7.62. The van der Waals surface area contributed by atoms with Crippen molar-refractivity contribution in [3.63, 3.8) is 0 Å². The molecule has 1 saturated carbocycles. The Kier molecular flexibility index (Phi) is 3.96. The number of imidazole rings is 1. The monoisotopic (exact) mass is 301 g/mol. The molecule has 1 N–H and O–H groups in total. The normalized spacial score (nSPS) is 20.2. The van der Waals surface area contributed by atoms with Gasteiger partial charge in [-0.15, -0.1) is 0 Å². The van der Waals surface area contributed by atoms with Crippen LogP contribution < -0.4 is 5.32 Å². The first-order valence-corrected chi connectivity index (χ1v) is 7.62. The lowest BCUT2D eigenvalue weighted by Crippen LogP contribution is -2.19. The zero-order valence-corrected chi connectivity index (χ0v) is 12.8. The maximum Gasteiger partial charge on any atom is 0.230 e. The zero-order valence-electron chi connectivity index (χ0n) is 12.8. The highest BCUT2D eigenvalue weighted by Crippen LogP contribution is 2.47. The third-order valence-corrected chi connectivity index (χ3v) is 3.94. The van der Waals surface area contributed by atoms with E-state index in [1.807, 2.05) is 10.8 Å². The predicted molar refractivity (Wildman–Crippen MR) is 82.9 cm³/mol. The Morgan fingerprint density at radius 1 is 1.41 bits per heavy atom. The van der Waals surface area contributed by atoms with E-state index in [1.165, 1.54) is 12.1 Å². The highest BCUT2D eigenvalue weighted by Gasteiger charge is 2.44. The van der Waals surface area contributed by atoms with Crippen LogP contribution >= 0.6 is 0 Å². The van der Waals surface area contributed by atoms with E-state index in [2.05, 4.69) is 24.1 Å². The van der Waals surface area contributed by atoms with Crippen molar-refractivity contribution in [2.45, 2.75) is 32.7 Å². The van der Waals surface area contributed by atoms with Gasteiger partial charge >= 0.3 is 0 Å². The second kappa shape index (κ2) is 5.91. The number of carbonyl (C=O) groups excluding carboxylic acids is 1. The number of anilines is 1. The van der Waals surface area contributed by atoms with E-state index in [9.17, 15) is 9.18 Å². The standard InChI is InChI=1S/C17H20FN3O/c1-11(2)10-21-8-7-19-17(21)20-16(22)15-9-14(15)12-3-5-13(18)6-4-12/h3-8,11,14-15H,9-10H2,1-2H3,(H,19,20,22)/t14-,15+/m0/s1. The number of rotatable bonds is 5. The lowest BCUT2D eigenvalue weighted by atomic mass is 10.1. The molecule has 5 heteroatoms. The average molecular weight is 301 g/mol. The van der Waals surface area contributed by atoms with Gasteiger partial charge in [0.25, 0.3) is 0 Å². The summed E-state index contributed by atoms with van der Waals surface area (Å²) in [5.41, 5.74) is 1.02. The largest absolute Gasteiger partial charge is 0.317 e. The number of hydrogen-bond donors (Lipinski definition) is 1. The lowest BCUT2D eigenvalue weighted by molar-refractivity contribution is -0.117. The van der Waals surface area contributed by atoms with Crippen molar-refractivity contribution in [3.8, 4) is 0 Å². The summed E-state index contributed by atoms with van der Waals surface area (Å²) < 4.78 is 14.9. The summed E-state index contributed by atoms with van der Waals surface area (Å²) >= 11 is 0. The van der Waals surface area contributed by atoms with Gasteiger partial charge in [0.15, 0.2) is 0 Å². The van der Waals surface area contributed by atoms with Crippen LogP contribution in [0.3, 0.4) is 0 Å². The Morgan fingerprint density at radius 3 is 2.82 bits per heavy atom. The number of halogens is 1. The number of aromatic nitrogens is 2. The SMILES string of the molecule is CC(C)Cn1ccnc1NC(=O)[C@@H]1C[C@H]1c1ccc(F)cc1. The number of carbonyl (C=O) groups is 1. The molecule has 0 unspecified atom stereocenters. The molecule has 0 saturated heterocycles. The quantitative estimate of drug-likeness (QED) is 0.920. The Morgan fingerprint density at radius 2 is 2.14 bits per heavy atom. The fraction of sp³-hybridized carbons (Fsp3) is 0.412. The van der Waals surface area contributed by atoms with Gasteiger partial charge in [0, 0.05) is 24.9 Å². The molecule has 1 aromatic heterocycles. The summed E-state index contributed by atoms with van der Waals surface area (Å²) in [6.07, 6.45) is 4.38. The number of nitrogens with zero attached hydrogens (tertiary/aromatic N) is 2. The molecule has 0 radical (unpaired) electrons. The highest BCUT2D eigenvalue weighted by molar-refractivity contribution is 5.93. The van der Waals surface area contributed by atoms with Crippen LogP contribution in [0.4, 0.5) is 10.3 Å². The first-order chi connectivity index (χ1) is 10.5. The van der Waals surface area contributed by atoms with E-state index in [0.29, 0.717) is 11.9 Å². The molecule has 1 aliphatic carbocycles. The van der Waals surface area contributed by atoms with Gasteiger partial charge in [-0.05, 0) is 36.0 Å². The summed E-state index contributed by atoms with van der Waals surface area (Å²) in [4.78, 5) is 16.5. The summed E-state index contributed by atoms with van der Waals surface area (Å²) in [7, 11) is 0. The molecule has 2 aromatic rings.